The lowest BCUT2D eigenvalue weighted by atomic mass is 9.81. The normalized spacial score (nSPS) is 28.7. The molecule has 33 heavy (non-hydrogen) atoms. The Bertz CT molecular complexity index is 1170. The van der Waals surface area contributed by atoms with Crippen LogP contribution in [-0.4, -0.2) is 66.9 Å². The molecule has 7 nitrogen and oxygen atoms in total. The number of fused-ring (bicyclic) bond motifs is 2. The van der Waals surface area contributed by atoms with Crippen LogP contribution in [0.25, 0.3) is 16.9 Å². The average Bonchev–Trinajstić information content (AvgIpc) is 3.33. The number of nitrogens with zero attached hydrogens (tertiary/aromatic N) is 6. The maximum atomic E-state index is 14.9. The van der Waals surface area contributed by atoms with Crippen LogP contribution in [0.1, 0.15) is 33.1 Å². The van der Waals surface area contributed by atoms with Gasteiger partial charge in [-0.2, -0.15) is 0 Å². The molecule has 2 fully saturated rings. The first kappa shape index (κ1) is 21.8. The third-order valence-corrected chi connectivity index (χ3v) is 7.87. The zero-order chi connectivity index (χ0) is 23.6. The molecule has 3 aromatic rings. The van der Waals surface area contributed by atoms with E-state index in [9.17, 15) is 13.9 Å². The van der Waals surface area contributed by atoms with Crippen molar-refractivity contribution in [3.05, 3.63) is 49.1 Å². The van der Waals surface area contributed by atoms with Crippen LogP contribution in [-0.2, 0) is 0 Å². The minimum Gasteiger partial charge on any atom is -0.507 e. The highest BCUT2D eigenvalue weighted by Gasteiger charge is 2.69. The van der Waals surface area contributed by atoms with Crippen LogP contribution in [0.2, 0.25) is 0 Å². The number of aromatic nitrogens is 4. The minimum absolute atomic E-state index is 0.0763. The van der Waals surface area contributed by atoms with Gasteiger partial charge < -0.3 is 14.6 Å². The summed E-state index contributed by atoms with van der Waals surface area (Å²) in [5, 5.41) is 19.2. The van der Waals surface area contributed by atoms with E-state index in [1.54, 1.807) is 48.4 Å². The van der Waals surface area contributed by atoms with E-state index in [2.05, 4.69) is 15.2 Å². The fourth-order valence-corrected chi connectivity index (χ4v) is 5.59. The lowest BCUT2D eigenvalue weighted by Crippen LogP contribution is -2.62. The molecule has 5 rings (SSSR count). The summed E-state index contributed by atoms with van der Waals surface area (Å²) in [7, 11) is 3.71. The van der Waals surface area contributed by atoms with Gasteiger partial charge in [-0.25, -0.2) is 13.8 Å². The van der Waals surface area contributed by atoms with Crippen LogP contribution in [0.3, 0.4) is 0 Å². The van der Waals surface area contributed by atoms with Crippen molar-refractivity contribution >= 4 is 5.82 Å². The van der Waals surface area contributed by atoms with Gasteiger partial charge in [0.1, 0.15) is 5.75 Å². The van der Waals surface area contributed by atoms with E-state index in [1.807, 2.05) is 43.0 Å². The highest BCUT2D eigenvalue weighted by atomic mass is 19.3. The monoisotopic (exact) mass is 454 g/mol. The SMILES string of the molecule is CN(c1ccc(-c2ccc(-n3ccnc3)cc2O)nn1)[C@H]1C[C@]2(C)CC(F)(F)[C@](C)(C1)N2C. The average molecular weight is 455 g/mol. The second-order valence-electron chi connectivity index (χ2n) is 9.83. The van der Waals surface area contributed by atoms with Gasteiger partial charge in [0, 0.05) is 49.1 Å². The summed E-state index contributed by atoms with van der Waals surface area (Å²) in [6.45, 7) is 3.60. The molecule has 0 saturated carbocycles. The Morgan fingerprint density at radius 2 is 1.91 bits per heavy atom. The van der Waals surface area contributed by atoms with E-state index in [4.69, 9.17) is 0 Å². The number of phenolic OH excluding ortho intramolecular Hbond substituents is 1. The standard InChI is InChI=1S/C24H28F2N6O/c1-22-12-17(13-23(2,31(22)4)24(25,26)14-22)30(3)21-8-7-19(28-29-21)18-6-5-16(11-20(18)33)32-10-9-27-15-32/h5-11,15,17,33H,12-14H2,1-4H3/t17-,22+,23-/m0/s1. The van der Waals surface area contributed by atoms with Crippen molar-refractivity contribution in [1.29, 1.82) is 0 Å². The summed E-state index contributed by atoms with van der Waals surface area (Å²) in [5.41, 5.74) is 0.141. The Hall–Kier alpha value is -3.07. The molecule has 2 aliphatic rings. The molecule has 3 atom stereocenters. The largest absolute Gasteiger partial charge is 0.507 e. The van der Waals surface area contributed by atoms with Crippen molar-refractivity contribution in [3.8, 4) is 22.7 Å². The number of imidazole rings is 1. The second kappa shape index (κ2) is 7.21. The maximum Gasteiger partial charge on any atom is 0.267 e. The number of benzene rings is 1. The summed E-state index contributed by atoms with van der Waals surface area (Å²) in [6.07, 6.45) is 5.98. The smallest absolute Gasteiger partial charge is 0.267 e. The molecule has 0 unspecified atom stereocenters. The number of hydrogen-bond acceptors (Lipinski definition) is 6. The van der Waals surface area contributed by atoms with Gasteiger partial charge in [0.25, 0.3) is 5.92 Å². The van der Waals surface area contributed by atoms with Crippen LogP contribution in [0.5, 0.6) is 5.75 Å². The number of anilines is 1. The molecule has 2 saturated heterocycles. The summed E-state index contributed by atoms with van der Waals surface area (Å²) < 4.78 is 31.6. The summed E-state index contributed by atoms with van der Waals surface area (Å²) >= 11 is 0. The summed E-state index contributed by atoms with van der Waals surface area (Å²) in [4.78, 5) is 7.85. The van der Waals surface area contributed by atoms with Crippen LogP contribution in [0.4, 0.5) is 14.6 Å². The highest BCUT2D eigenvalue weighted by Crippen LogP contribution is 2.58. The first-order valence-electron chi connectivity index (χ1n) is 11.0. The van der Waals surface area contributed by atoms with Crippen molar-refractivity contribution in [2.75, 3.05) is 19.0 Å². The van der Waals surface area contributed by atoms with Gasteiger partial charge in [-0.1, -0.05) is 0 Å². The Balaban J connectivity index is 1.37. The van der Waals surface area contributed by atoms with Gasteiger partial charge in [0.05, 0.1) is 23.2 Å². The molecule has 1 aromatic carbocycles. The molecule has 0 aliphatic carbocycles. The van der Waals surface area contributed by atoms with E-state index in [-0.39, 0.29) is 18.2 Å². The minimum atomic E-state index is -2.73. The zero-order valence-electron chi connectivity index (χ0n) is 19.2. The number of piperidine rings is 1. The Morgan fingerprint density at radius 3 is 2.52 bits per heavy atom. The first-order valence-corrected chi connectivity index (χ1v) is 11.0. The molecule has 0 radical (unpaired) electrons. The van der Waals surface area contributed by atoms with Crippen LogP contribution in [0.15, 0.2) is 49.1 Å². The van der Waals surface area contributed by atoms with Crippen molar-refractivity contribution in [3.63, 3.8) is 0 Å². The van der Waals surface area contributed by atoms with Gasteiger partial charge >= 0.3 is 0 Å². The fourth-order valence-electron chi connectivity index (χ4n) is 5.59. The second-order valence-corrected chi connectivity index (χ2v) is 9.83. The van der Waals surface area contributed by atoms with E-state index in [0.717, 1.165) is 5.69 Å². The number of hydrogen-bond donors (Lipinski definition) is 1. The van der Waals surface area contributed by atoms with Gasteiger partial charge in [-0.3, -0.25) is 4.90 Å². The van der Waals surface area contributed by atoms with Crippen molar-refractivity contribution in [1.82, 2.24) is 24.6 Å². The maximum absolute atomic E-state index is 14.9. The summed E-state index contributed by atoms with van der Waals surface area (Å²) in [5.74, 6) is -2.02. The molecule has 2 bridgehead atoms. The number of rotatable bonds is 4. The highest BCUT2D eigenvalue weighted by molar-refractivity contribution is 5.69. The predicted molar refractivity (Wildman–Crippen MR) is 122 cm³/mol. The molecule has 9 heteroatoms. The van der Waals surface area contributed by atoms with Crippen molar-refractivity contribution < 1.29 is 13.9 Å². The Morgan fingerprint density at radius 1 is 1.12 bits per heavy atom. The lowest BCUT2D eigenvalue weighted by Gasteiger charge is -2.51. The predicted octanol–water partition coefficient (Wildman–Crippen LogP) is 4.12. The fraction of sp³-hybridized carbons (Fsp3) is 0.458. The molecule has 0 spiro atoms. The quantitative estimate of drug-likeness (QED) is 0.640. The van der Waals surface area contributed by atoms with E-state index in [1.165, 1.54) is 0 Å². The van der Waals surface area contributed by atoms with Gasteiger partial charge in [0.15, 0.2) is 5.82 Å². The Labute approximate surface area is 191 Å². The van der Waals surface area contributed by atoms with Gasteiger partial charge in [0.2, 0.25) is 0 Å². The number of phenols is 1. The van der Waals surface area contributed by atoms with Crippen molar-refractivity contribution in [2.24, 2.45) is 0 Å². The lowest BCUT2D eigenvalue weighted by molar-refractivity contribution is -0.0974. The van der Waals surface area contributed by atoms with E-state index in [0.29, 0.717) is 29.9 Å². The topological polar surface area (TPSA) is 70.3 Å². The summed E-state index contributed by atoms with van der Waals surface area (Å²) in [6, 6.07) is 8.85. The number of halogens is 2. The van der Waals surface area contributed by atoms with Crippen molar-refractivity contribution in [2.45, 2.75) is 56.2 Å². The van der Waals surface area contributed by atoms with Crippen LogP contribution in [0, 0.1) is 0 Å². The molecule has 4 heterocycles. The van der Waals surface area contributed by atoms with Gasteiger partial charge in [-0.05, 0) is 58.0 Å². The van der Waals surface area contributed by atoms with E-state index >= 15 is 0 Å². The third-order valence-electron chi connectivity index (χ3n) is 7.87. The zero-order valence-corrected chi connectivity index (χ0v) is 19.2. The molecule has 174 valence electrons. The molecular formula is C24H28F2N6O. The first-order chi connectivity index (χ1) is 15.5. The number of aromatic hydroxyl groups is 1. The molecule has 2 aromatic heterocycles. The molecule has 1 N–H and O–H groups in total. The van der Waals surface area contributed by atoms with Gasteiger partial charge in [-0.15, -0.1) is 10.2 Å². The van der Waals surface area contributed by atoms with E-state index < -0.39 is 17.0 Å². The molecular weight excluding hydrogens is 426 g/mol. The third kappa shape index (κ3) is 3.28. The van der Waals surface area contributed by atoms with Crippen LogP contribution >= 0.6 is 0 Å². The van der Waals surface area contributed by atoms with Crippen LogP contribution < -0.4 is 4.90 Å². The molecule has 0 amide bonds. The number of alkyl halides is 2. The Kier molecular flexibility index (Phi) is 4.76. The molecule has 2 aliphatic heterocycles.